The van der Waals surface area contributed by atoms with E-state index in [1.54, 1.807) is 11.8 Å². The van der Waals surface area contributed by atoms with Crippen LogP contribution in [0.25, 0.3) is 0 Å². The molecule has 3 aromatic rings. The van der Waals surface area contributed by atoms with Gasteiger partial charge in [-0.25, -0.2) is 0 Å². The van der Waals surface area contributed by atoms with Gasteiger partial charge in [-0.2, -0.15) is 0 Å². The third-order valence-electron chi connectivity index (χ3n) is 7.03. The van der Waals surface area contributed by atoms with Crippen LogP contribution in [-0.2, 0) is 28.3 Å². The van der Waals surface area contributed by atoms with E-state index < -0.39 is 6.04 Å². The van der Waals surface area contributed by atoms with Crippen molar-refractivity contribution in [1.82, 2.24) is 10.2 Å². The first kappa shape index (κ1) is 27.0. The fraction of sp³-hybridized carbons (Fsp3) is 0.375. The second kappa shape index (κ2) is 14.0. The van der Waals surface area contributed by atoms with Crippen LogP contribution in [0.2, 0.25) is 0 Å². The number of carbonyl (C=O) groups excluding carboxylic acids is 2. The van der Waals surface area contributed by atoms with Crippen molar-refractivity contribution in [3.63, 3.8) is 0 Å². The summed E-state index contributed by atoms with van der Waals surface area (Å²) in [6.07, 6.45) is 6.06. The van der Waals surface area contributed by atoms with Gasteiger partial charge in [-0.15, -0.1) is 11.8 Å². The van der Waals surface area contributed by atoms with Gasteiger partial charge in [0.1, 0.15) is 6.04 Å². The lowest BCUT2D eigenvalue weighted by Crippen LogP contribution is -2.53. The lowest BCUT2D eigenvalue weighted by molar-refractivity contribution is -0.139. The summed E-state index contributed by atoms with van der Waals surface area (Å²) in [5.74, 6) is 1.07. The second-order valence-electron chi connectivity index (χ2n) is 10.0. The SMILES string of the molecule is Cc1ccc(CN(C(=O)CSCc2ccccc2)[C@@H](Cc2ccccc2)C(=O)NC2CCCCC2)cc1. The van der Waals surface area contributed by atoms with Gasteiger partial charge < -0.3 is 10.2 Å². The third kappa shape index (κ3) is 8.50. The molecule has 5 heteroatoms. The summed E-state index contributed by atoms with van der Waals surface area (Å²) in [4.78, 5) is 29.4. The molecule has 1 atom stereocenters. The summed E-state index contributed by atoms with van der Waals surface area (Å²) >= 11 is 1.60. The van der Waals surface area contributed by atoms with Crippen LogP contribution in [0, 0.1) is 6.92 Å². The standard InChI is InChI=1S/C32H38N2O2S/c1-25-17-19-27(20-18-25)22-34(31(35)24-37-23-28-13-7-3-8-14-28)30(21-26-11-5-2-6-12-26)32(36)33-29-15-9-4-10-16-29/h2-3,5-8,11-14,17-20,29-30H,4,9-10,15-16,21-24H2,1H3,(H,33,36)/t30-/m0/s1. The van der Waals surface area contributed by atoms with Gasteiger partial charge >= 0.3 is 0 Å². The maximum Gasteiger partial charge on any atom is 0.243 e. The molecule has 0 saturated heterocycles. The Labute approximate surface area is 225 Å². The molecule has 4 rings (SSSR count). The molecule has 37 heavy (non-hydrogen) atoms. The zero-order valence-corrected chi connectivity index (χ0v) is 22.6. The van der Waals surface area contributed by atoms with Crippen molar-refractivity contribution in [2.24, 2.45) is 0 Å². The molecule has 4 nitrogen and oxygen atoms in total. The first-order valence-electron chi connectivity index (χ1n) is 13.4. The Morgan fingerprint density at radius 2 is 1.46 bits per heavy atom. The van der Waals surface area contributed by atoms with Crippen LogP contribution < -0.4 is 5.32 Å². The molecule has 194 valence electrons. The largest absolute Gasteiger partial charge is 0.352 e. The first-order valence-corrected chi connectivity index (χ1v) is 14.5. The quantitative estimate of drug-likeness (QED) is 0.326. The minimum absolute atomic E-state index is 0.00114. The highest BCUT2D eigenvalue weighted by molar-refractivity contribution is 7.99. The van der Waals surface area contributed by atoms with E-state index in [-0.39, 0.29) is 17.9 Å². The topological polar surface area (TPSA) is 49.4 Å². The molecule has 0 heterocycles. The Hall–Kier alpha value is -3.05. The van der Waals surface area contributed by atoms with E-state index in [0.717, 1.165) is 42.6 Å². The number of hydrogen-bond acceptors (Lipinski definition) is 3. The van der Waals surface area contributed by atoms with Crippen LogP contribution in [0.15, 0.2) is 84.9 Å². The van der Waals surface area contributed by atoms with Gasteiger partial charge in [0.15, 0.2) is 0 Å². The van der Waals surface area contributed by atoms with Crippen molar-refractivity contribution in [1.29, 1.82) is 0 Å². The maximum atomic E-state index is 13.8. The molecule has 1 N–H and O–H groups in total. The lowest BCUT2D eigenvalue weighted by Gasteiger charge is -2.33. The van der Waals surface area contributed by atoms with Crippen molar-refractivity contribution >= 4 is 23.6 Å². The van der Waals surface area contributed by atoms with Crippen LogP contribution in [0.1, 0.15) is 54.4 Å². The molecule has 0 spiro atoms. The minimum Gasteiger partial charge on any atom is -0.352 e. The fourth-order valence-corrected chi connectivity index (χ4v) is 5.77. The molecule has 2 amide bonds. The maximum absolute atomic E-state index is 13.8. The van der Waals surface area contributed by atoms with E-state index in [0.29, 0.717) is 18.7 Å². The second-order valence-corrected chi connectivity index (χ2v) is 11.0. The number of aryl methyl sites for hydroxylation is 1. The molecule has 0 unspecified atom stereocenters. The molecule has 1 aliphatic carbocycles. The van der Waals surface area contributed by atoms with Crippen molar-refractivity contribution in [3.8, 4) is 0 Å². The van der Waals surface area contributed by atoms with Crippen LogP contribution in [0.5, 0.6) is 0 Å². The molecule has 1 saturated carbocycles. The number of benzene rings is 3. The Kier molecular flexibility index (Phi) is 10.2. The number of nitrogens with zero attached hydrogens (tertiary/aromatic N) is 1. The highest BCUT2D eigenvalue weighted by atomic mass is 32.2. The van der Waals surface area contributed by atoms with Crippen molar-refractivity contribution in [2.45, 2.75) is 69.8 Å². The van der Waals surface area contributed by atoms with Crippen LogP contribution in [0.4, 0.5) is 0 Å². The number of rotatable bonds is 11. The van der Waals surface area contributed by atoms with Gasteiger partial charge in [0.25, 0.3) is 0 Å². The summed E-state index contributed by atoms with van der Waals surface area (Å²) in [6, 6.07) is 28.1. The lowest BCUT2D eigenvalue weighted by atomic mass is 9.94. The van der Waals surface area contributed by atoms with Gasteiger partial charge in [-0.1, -0.05) is 110 Å². The zero-order valence-electron chi connectivity index (χ0n) is 21.8. The Bertz CT molecular complexity index is 1110. The third-order valence-corrected chi connectivity index (χ3v) is 8.02. The normalized spacial score (nSPS) is 14.6. The van der Waals surface area contributed by atoms with Gasteiger partial charge in [-0.3, -0.25) is 9.59 Å². The molecular formula is C32H38N2O2S. The fourth-order valence-electron chi connectivity index (χ4n) is 4.90. The number of thioether (sulfide) groups is 1. The number of carbonyl (C=O) groups is 2. The first-order chi connectivity index (χ1) is 18.1. The van der Waals surface area contributed by atoms with Crippen molar-refractivity contribution < 1.29 is 9.59 Å². The van der Waals surface area contributed by atoms with Gasteiger partial charge in [-0.05, 0) is 36.5 Å². The molecule has 3 aromatic carbocycles. The van der Waals surface area contributed by atoms with Crippen molar-refractivity contribution in [3.05, 3.63) is 107 Å². The van der Waals surface area contributed by atoms with E-state index in [2.05, 4.69) is 48.6 Å². The number of amides is 2. The summed E-state index contributed by atoms with van der Waals surface area (Å²) in [5.41, 5.74) is 4.47. The molecule has 0 bridgehead atoms. The van der Waals surface area contributed by atoms with Crippen molar-refractivity contribution in [2.75, 3.05) is 5.75 Å². The predicted octanol–water partition coefficient (Wildman–Crippen LogP) is 6.32. The van der Waals surface area contributed by atoms with E-state index >= 15 is 0 Å². The monoisotopic (exact) mass is 514 g/mol. The Balaban J connectivity index is 1.56. The highest BCUT2D eigenvalue weighted by Gasteiger charge is 2.31. The van der Waals surface area contributed by atoms with Crippen LogP contribution in [-0.4, -0.2) is 34.6 Å². The van der Waals surface area contributed by atoms with Gasteiger partial charge in [0.2, 0.25) is 11.8 Å². The average molecular weight is 515 g/mol. The summed E-state index contributed by atoms with van der Waals surface area (Å²) in [5, 5.41) is 3.31. The summed E-state index contributed by atoms with van der Waals surface area (Å²) < 4.78 is 0. The van der Waals surface area contributed by atoms with E-state index in [1.165, 1.54) is 17.5 Å². The molecule has 0 aromatic heterocycles. The van der Waals surface area contributed by atoms with E-state index in [4.69, 9.17) is 0 Å². The van der Waals surface area contributed by atoms with E-state index in [1.807, 2.05) is 53.4 Å². The molecule has 1 fully saturated rings. The van der Waals surface area contributed by atoms with Gasteiger partial charge in [0.05, 0.1) is 5.75 Å². The summed E-state index contributed by atoms with van der Waals surface area (Å²) in [6.45, 7) is 2.48. The Morgan fingerprint density at radius 3 is 2.11 bits per heavy atom. The highest BCUT2D eigenvalue weighted by Crippen LogP contribution is 2.21. The number of hydrogen-bond donors (Lipinski definition) is 1. The molecule has 0 radical (unpaired) electrons. The minimum atomic E-state index is -0.560. The molecule has 0 aliphatic heterocycles. The zero-order chi connectivity index (χ0) is 25.9. The molecule has 1 aliphatic rings. The van der Waals surface area contributed by atoms with Crippen LogP contribution >= 0.6 is 11.8 Å². The summed E-state index contributed by atoms with van der Waals surface area (Å²) in [7, 11) is 0. The van der Waals surface area contributed by atoms with E-state index in [9.17, 15) is 9.59 Å². The number of nitrogens with one attached hydrogen (secondary N) is 1. The predicted molar refractivity (Wildman–Crippen MR) is 153 cm³/mol. The molecular weight excluding hydrogens is 476 g/mol. The van der Waals surface area contributed by atoms with Gasteiger partial charge in [0, 0.05) is 24.8 Å². The smallest absolute Gasteiger partial charge is 0.243 e. The van der Waals surface area contributed by atoms with Crippen LogP contribution in [0.3, 0.4) is 0 Å². The average Bonchev–Trinajstić information content (AvgIpc) is 2.93. The Morgan fingerprint density at radius 1 is 0.838 bits per heavy atom.